The summed E-state index contributed by atoms with van der Waals surface area (Å²) < 4.78 is 79.5. The average Bonchev–Trinajstić information content (AvgIpc) is 3.12. The molecule has 0 unspecified atom stereocenters. The summed E-state index contributed by atoms with van der Waals surface area (Å²) in [5.41, 5.74) is 0.346. The molecule has 1 aliphatic carbocycles. The molecule has 2 aromatic rings. The summed E-state index contributed by atoms with van der Waals surface area (Å²) in [4.78, 5) is 13.2. The molecule has 38 heavy (non-hydrogen) atoms. The average molecular weight is 560 g/mol. The quantitative estimate of drug-likeness (QED) is 0.288. The first-order valence-electron chi connectivity index (χ1n) is 12.8. The van der Waals surface area contributed by atoms with E-state index in [9.17, 15) is 26.7 Å². The van der Waals surface area contributed by atoms with E-state index in [-0.39, 0.29) is 47.7 Å². The fourth-order valence-electron chi connectivity index (χ4n) is 4.83. The molecule has 11 heteroatoms. The molecular weight excluding hydrogens is 525 g/mol. The van der Waals surface area contributed by atoms with Gasteiger partial charge in [-0.3, -0.25) is 9.52 Å². The van der Waals surface area contributed by atoms with Gasteiger partial charge in [0.15, 0.2) is 0 Å². The molecule has 2 fully saturated rings. The molecule has 0 spiro atoms. The summed E-state index contributed by atoms with van der Waals surface area (Å²) in [6.45, 7) is 8.56. The van der Waals surface area contributed by atoms with Gasteiger partial charge in [-0.2, -0.15) is 13.2 Å². The molecule has 1 aromatic heterocycles. The molecule has 4 rings (SSSR count). The van der Waals surface area contributed by atoms with Crippen LogP contribution in [0.15, 0.2) is 29.2 Å². The molecule has 2 aliphatic rings. The topological polar surface area (TPSA) is 55.3 Å². The number of carbonyl (C=O) groups is 1. The minimum Gasteiger partial charge on any atom is -0.381 e. The van der Waals surface area contributed by atoms with Gasteiger partial charge in [0.1, 0.15) is 0 Å². The van der Waals surface area contributed by atoms with Crippen LogP contribution in [0.4, 0.5) is 22.0 Å². The van der Waals surface area contributed by atoms with Gasteiger partial charge in [-0.1, -0.05) is 6.07 Å². The summed E-state index contributed by atoms with van der Waals surface area (Å²) >= 11 is 0.910. The van der Waals surface area contributed by atoms with Crippen LogP contribution in [0.25, 0.3) is 11.3 Å². The Labute approximate surface area is 224 Å². The van der Waals surface area contributed by atoms with Crippen LogP contribution >= 0.6 is 11.9 Å². The number of alkyl halides is 5. The SMILES string of the molecule is Cc1c(C(=O)NC2CCOCC2)cc(-c2ccc(SNC(C)(C)C)c(C(F)(F)F)c2)n1CC1CC(F)(F)C1. The summed E-state index contributed by atoms with van der Waals surface area (Å²) in [5, 5.41) is 2.99. The number of carbonyl (C=O) groups excluding carboxylic acids is 1. The lowest BCUT2D eigenvalue weighted by molar-refractivity contribution is -0.139. The van der Waals surface area contributed by atoms with E-state index >= 15 is 0 Å². The normalized spacial score (nSPS) is 18.9. The van der Waals surface area contributed by atoms with Gasteiger partial charge in [-0.25, -0.2) is 8.78 Å². The first-order chi connectivity index (χ1) is 17.6. The number of halogens is 5. The van der Waals surface area contributed by atoms with Crippen LogP contribution in [0.3, 0.4) is 0 Å². The first kappa shape index (κ1) is 28.9. The molecule has 0 atom stereocenters. The van der Waals surface area contributed by atoms with Crippen LogP contribution in [0.2, 0.25) is 0 Å². The van der Waals surface area contributed by atoms with Crippen LogP contribution in [0, 0.1) is 12.8 Å². The number of aromatic nitrogens is 1. The van der Waals surface area contributed by atoms with Crippen molar-refractivity contribution in [3.63, 3.8) is 0 Å². The van der Waals surface area contributed by atoms with Gasteiger partial charge in [0.25, 0.3) is 5.91 Å². The number of ether oxygens (including phenoxy) is 1. The Morgan fingerprint density at radius 3 is 2.37 bits per heavy atom. The van der Waals surface area contributed by atoms with E-state index in [1.807, 2.05) is 20.8 Å². The largest absolute Gasteiger partial charge is 0.417 e. The molecule has 1 amide bonds. The Bertz CT molecular complexity index is 1160. The third-order valence-electron chi connectivity index (χ3n) is 6.83. The highest BCUT2D eigenvalue weighted by molar-refractivity contribution is 7.97. The number of benzene rings is 1. The van der Waals surface area contributed by atoms with E-state index in [0.717, 1.165) is 18.0 Å². The maximum atomic E-state index is 14.1. The Hall–Kier alpha value is -2.11. The fraction of sp³-hybridized carbons (Fsp3) is 0.593. The van der Waals surface area contributed by atoms with Crippen LogP contribution in [0.1, 0.15) is 68.1 Å². The van der Waals surface area contributed by atoms with E-state index < -0.39 is 23.2 Å². The van der Waals surface area contributed by atoms with Crippen molar-refractivity contribution in [1.29, 1.82) is 0 Å². The number of nitrogens with zero attached hydrogens (tertiary/aromatic N) is 1. The minimum atomic E-state index is -4.61. The molecule has 0 radical (unpaired) electrons. The smallest absolute Gasteiger partial charge is 0.381 e. The fourth-order valence-corrected chi connectivity index (χ4v) is 5.67. The van der Waals surface area contributed by atoms with Crippen LogP contribution in [0.5, 0.6) is 0 Å². The lowest BCUT2D eigenvalue weighted by Gasteiger charge is -2.36. The molecule has 1 aromatic carbocycles. The monoisotopic (exact) mass is 559 g/mol. The molecular formula is C27H34F5N3O2S. The number of hydrogen-bond donors (Lipinski definition) is 2. The second-order valence-electron chi connectivity index (χ2n) is 11.3. The highest BCUT2D eigenvalue weighted by atomic mass is 32.2. The van der Waals surface area contributed by atoms with Gasteiger partial charge in [0, 0.05) is 60.5 Å². The third kappa shape index (κ3) is 6.90. The van der Waals surface area contributed by atoms with Gasteiger partial charge in [-0.05, 0) is 82.2 Å². The van der Waals surface area contributed by atoms with Crippen LogP contribution < -0.4 is 10.0 Å². The van der Waals surface area contributed by atoms with Crippen LogP contribution in [-0.4, -0.2) is 41.2 Å². The van der Waals surface area contributed by atoms with Crippen molar-refractivity contribution in [3.8, 4) is 11.3 Å². The van der Waals surface area contributed by atoms with E-state index in [1.54, 1.807) is 23.6 Å². The van der Waals surface area contributed by atoms with Crippen molar-refractivity contribution in [1.82, 2.24) is 14.6 Å². The molecule has 1 aliphatic heterocycles. The van der Waals surface area contributed by atoms with Crippen molar-refractivity contribution in [2.24, 2.45) is 5.92 Å². The standard InChI is InChI=1S/C27H34F5N3O2S/c1-16-20(24(36)33-19-7-9-37-10-8-19)12-22(35(16)15-17-13-26(28,29)14-17)18-5-6-23(38-34-25(2,3)4)21(11-18)27(30,31)32/h5-6,11-12,17,19,34H,7-10,13-15H2,1-4H3,(H,33,36). The Balaban J connectivity index is 1.71. The number of rotatable bonds is 7. The van der Waals surface area contributed by atoms with Crippen LogP contribution in [-0.2, 0) is 17.5 Å². The van der Waals surface area contributed by atoms with E-state index in [1.165, 1.54) is 6.07 Å². The zero-order valence-corrected chi connectivity index (χ0v) is 22.8. The maximum Gasteiger partial charge on any atom is 0.417 e. The van der Waals surface area contributed by atoms with Crippen molar-refractivity contribution in [3.05, 3.63) is 41.1 Å². The number of amides is 1. The predicted octanol–water partition coefficient (Wildman–Crippen LogP) is 6.83. The second-order valence-corrected chi connectivity index (χ2v) is 12.1. The van der Waals surface area contributed by atoms with Crippen molar-refractivity contribution in [2.45, 2.75) is 88.5 Å². The van der Waals surface area contributed by atoms with Gasteiger partial charge in [-0.15, -0.1) is 0 Å². The summed E-state index contributed by atoms with van der Waals surface area (Å²) in [6.07, 6.45) is -3.83. The zero-order chi connectivity index (χ0) is 27.9. The Morgan fingerprint density at radius 2 is 1.79 bits per heavy atom. The highest BCUT2D eigenvalue weighted by Gasteiger charge is 2.45. The number of nitrogens with one attached hydrogen (secondary N) is 2. The maximum absolute atomic E-state index is 14.1. The second kappa shape index (κ2) is 10.8. The lowest BCUT2D eigenvalue weighted by Crippen LogP contribution is -2.39. The summed E-state index contributed by atoms with van der Waals surface area (Å²) in [6, 6.07) is 5.59. The predicted molar refractivity (Wildman–Crippen MR) is 137 cm³/mol. The Kier molecular flexibility index (Phi) is 8.22. The van der Waals surface area contributed by atoms with E-state index in [2.05, 4.69) is 10.0 Å². The summed E-state index contributed by atoms with van der Waals surface area (Å²) in [5.74, 6) is -3.38. The third-order valence-corrected chi connectivity index (χ3v) is 8.12. The van der Waals surface area contributed by atoms with E-state index in [0.29, 0.717) is 43.0 Å². The molecule has 210 valence electrons. The lowest BCUT2D eigenvalue weighted by atomic mass is 9.81. The molecule has 2 heterocycles. The zero-order valence-electron chi connectivity index (χ0n) is 22.0. The van der Waals surface area contributed by atoms with Crippen molar-refractivity contribution in [2.75, 3.05) is 13.2 Å². The van der Waals surface area contributed by atoms with Gasteiger partial charge >= 0.3 is 6.18 Å². The summed E-state index contributed by atoms with van der Waals surface area (Å²) in [7, 11) is 0. The molecule has 0 bridgehead atoms. The van der Waals surface area contributed by atoms with Crippen molar-refractivity contribution < 1.29 is 31.5 Å². The highest BCUT2D eigenvalue weighted by Crippen LogP contribution is 2.45. The minimum absolute atomic E-state index is 0.0297. The van der Waals surface area contributed by atoms with Gasteiger partial charge in [0.2, 0.25) is 5.92 Å². The van der Waals surface area contributed by atoms with Gasteiger partial charge in [0.05, 0.1) is 11.1 Å². The molecule has 1 saturated carbocycles. The van der Waals surface area contributed by atoms with Gasteiger partial charge < -0.3 is 14.6 Å². The van der Waals surface area contributed by atoms with E-state index in [4.69, 9.17) is 4.74 Å². The number of hydrogen-bond acceptors (Lipinski definition) is 4. The van der Waals surface area contributed by atoms with Crippen molar-refractivity contribution >= 4 is 17.9 Å². The first-order valence-corrected chi connectivity index (χ1v) is 13.6. The Morgan fingerprint density at radius 1 is 1.13 bits per heavy atom. The molecule has 5 nitrogen and oxygen atoms in total. The molecule has 1 saturated heterocycles. The molecule has 2 N–H and O–H groups in total.